The summed E-state index contributed by atoms with van der Waals surface area (Å²) in [6, 6.07) is 18.8. The van der Waals surface area contributed by atoms with E-state index in [1.807, 2.05) is 36.4 Å². The highest BCUT2D eigenvalue weighted by molar-refractivity contribution is 6.30. The number of carbonyl (C=O) groups is 1. The number of hydrogen-bond acceptors (Lipinski definition) is 3. The van der Waals surface area contributed by atoms with Crippen molar-refractivity contribution >= 4 is 17.5 Å². The smallest absolute Gasteiger partial charge is 0.228 e. The van der Waals surface area contributed by atoms with E-state index in [1.165, 1.54) is 18.4 Å². The Kier molecular flexibility index (Phi) is 5.28. The van der Waals surface area contributed by atoms with Crippen LogP contribution < -0.4 is 0 Å². The number of rotatable bonds is 4. The standard InChI is InChI=1S/C26H28ClN3O/c1-16(2)24-22-21-4-3-13-29(21)25(19-9-5-17(14-28)6-10-19)23(22)26(31)30(24)15-18-7-11-20(27)12-8-18/h5-12,16,21-25H,3-4,13,15H2,1-2H3/t21-,22-,23-,24+,25-/m0/s1. The van der Waals surface area contributed by atoms with Crippen LogP contribution in [0.15, 0.2) is 48.5 Å². The van der Waals surface area contributed by atoms with Crippen molar-refractivity contribution in [3.05, 3.63) is 70.2 Å². The molecule has 5 rings (SSSR count). The summed E-state index contributed by atoms with van der Waals surface area (Å²) in [6.07, 6.45) is 2.36. The highest BCUT2D eigenvalue weighted by Gasteiger charge is 2.62. The maximum Gasteiger partial charge on any atom is 0.228 e. The van der Waals surface area contributed by atoms with Crippen molar-refractivity contribution in [2.24, 2.45) is 17.8 Å². The van der Waals surface area contributed by atoms with Gasteiger partial charge in [-0.15, -0.1) is 0 Å². The predicted molar refractivity (Wildman–Crippen MR) is 121 cm³/mol. The molecular formula is C26H28ClN3O. The molecular weight excluding hydrogens is 406 g/mol. The maximum absolute atomic E-state index is 13.9. The molecule has 160 valence electrons. The Labute approximate surface area is 189 Å². The third-order valence-corrected chi connectivity index (χ3v) is 7.80. The Morgan fingerprint density at radius 3 is 2.48 bits per heavy atom. The van der Waals surface area contributed by atoms with Gasteiger partial charge in [-0.3, -0.25) is 9.69 Å². The number of fused-ring (bicyclic) bond motifs is 3. The second-order valence-corrected chi connectivity index (χ2v) is 9.99. The average molecular weight is 434 g/mol. The van der Waals surface area contributed by atoms with E-state index in [0.717, 1.165) is 17.1 Å². The van der Waals surface area contributed by atoms with E-state index in [0.29, 0.717) is 30.0 Å². The summed E-state index contributed by atoms with van der Waals surface area (Å²) in [5, 5.41) is 9.91. The van der Waals surface area contributed by atoms with E-state index in [2.05, 4.69) is 41.8 Å². The van der Waals surface area contributed by atoms with Crippen molar-refractivity contribution in [3.63, 3.8) is 0 Å². The fourth-order valence-electron chi connectivity index (χ4n) is 6.44. The van der Waals surface area contributed by atoms with E-state index < -0.39 is 0 Å². The molecule has 2 aromatic carbocycles. The molecule has 0 unspecified atom stereocenters. The summed E-state index contributed by atoms with van der Waals surface area (Å²) in [5.74, 6) is 1.01. The van der Waals surface area contributed by atoms with Crippen LogP contribution in [-0.2, 0) is 11.3 Å². The van der Waals surface area contributed by atoms with Crippen LogP contribution in [0.3, 0.4) is 0 Å². The number of hydrogen-bond donors (Lipinski definition) is 0. The first-order valence-electron chi connectivity index (χ1n) is 11.3. The summed E-state index contributed by atoms with van der Waals surface area (Å²) in [4.78, 5) is 18.7. The summed E-state index contributed by atoms with van der Waals surface area (Å²) in [7, 11) is 0. The van der Waals surface area contributed by atoms with Crippen LogP contribution in [0.5, 0.6) is 0 Å². The lowest BCUT2D eigenvalue weighted by molar-refractivity contribution is -0.134. The number of halogens is 1. The van der Waals surface area contributed by atoms with Gasteiger partial charge in [-0.2, -0.15) is 5.26 Å². The van der Waals surface area contributed by atoms with Gasteiger partial charge in [0.25, 0.3) is 0 Å². The van der Waals surface area contributed by atoms with Crippen LogP contribution in [0.2, 0.25) is 5.02 Å². The van der Waals surface area contributed by atoms with Crippen molar-refractivity contribution in [2.75, 3.05) is 6.54 Å². The van der Waals surface area contributed by atoms with Crippen molar-refractivity contribution in [3.8, 4) is 6.07 Å². The number of amides is 1. The minimum Gasteiger partial charge on any atom is -0.334 e. The summed E-state index contributed by atoms with van der Waals surface area (Å²) >= 11 is 6.08. The first-order chi connectivity index (χ1) is 15.0. The largest absolute Gasteiger partial charge is 0.334 e. The van der Waals surface area contributed by atoms with Gasteiger partial charge in [-0.1, -0.05) is 49.7 Å². The molecule has 3 aliphatic rings. The molecule has 2 aromatic rings. The van der Waals surface area contributed by atoms with E-state index in [1.54, 1.807) is 0 Å². The molecule has 1 amide bonds. The number of nitriles is 1. The van der Waals surface area contributed by atoms with Gasteiger partial charge in [0, 0.05) is 35.6 Å². The lowest BCUT2D eigenvalue weighted by Crippen LogP contribution is -2.44. The van der Waals surface area contributed by atoms with E-state index in [9.17, 15) is 10.1 Å². The fourth-order valence-corrected chi connectivity index (χ4v) is 6.57. The zero-order valence-corrected chi connectivity index (χ0v) is 18.8. The molecule has 3 fully saturated rings. The van der Waals surface area contributed by atoms with Crippen LogP contribution in [0.1, 0.15) is 49.4 Å². The van der Waals surface area contributed by atoms with E-state index >= 15 is 0 Å². The third kappa shape index (κ3) is 3.35. The minimum atomic E-state index is -0.0158. The van der Waals surface area contributed by atoms with Gasteiger partial charge in [0.05, 0.1) is 17.6 Å². The quantitative estimate of drug-likeness (QED) is 0.679. The minimum absolute atomic E-state index is 0.0158. The van der Waals surface area contributed by atoms with Gasteiger partial charge >= 0.3 is 0 Å². The topological polar surface area (TPSA) is 47.3 Å². The monoisotopic (exact) mass is 433 g/mol. The zero-order chi connectivity index (χ0) is 21.7. The molecule has 0 bridgehead atoms. The normalized spacial score (nSPS) is 30.0. The van der Waals surface area contributed by atoms with Gasteiger partial charge in [-0.05, 0) is 60.7 Å². The van der Waals surface area contributed by atoms with Crippen molar-refractivity contribution < 1.29 is 4.79 Å². The lowest BCUT2D eigenvalue weighted by atomic mass is 9.79. The molecule has 0 radical (unpaired) electrons. The average Bonchev–Trinajstić information content (AvgIpc) is 3.42. The maximum atomic E-state index is 13.9. The number of likely N-dealkylation sites (tertiary alicyclic amines) is 1. The van der Waals surface area contributed by atoms with E-state index in [4.69, 9.17) is 11.6 Å². The number of benzene rings is 2. The number of carbonyl (C=O) groups excluding carboxylic acids is 1. The second-order valence-electron chi connectivity index (χ2n) is 9.56. The molecule has 0 saturated carbocycles. The molecule has 5 atom stereocenters. The SMILES string of the molecule is CC(C)[C@@H]1[C@@H]2[C@H](C(=O)N1Cc1ccc(Cl)cc1)[C@H](c1ccc(C#N)cc1)N1CCC[C@@H]21. The third-order valence-electron chi connectivity index (χ3n) is 7.55. The summed E-state index contributed by atoms with van der Waals surface area (Å²) in [6.45, 7) is 6.20. The molecule has 3 saturated heterocycles. The first kappa shape index (κ1) is 20.5. The van der Waals surface area contributed by atoms with Crippen LogP contribution in [-0.4, -0.2) is 34.3 Å². The van der Waals surface area contributed by atoms with Gasteiger partial charge in [0.1, 0.15) is 0 Å². The Morgan fingerprint density at radius 2 is 1.84 bits per heavy atom. The van der Waals surface area contributed by atoms with Crippen molar-refractivity contribution in [1.29, 1.82) is 5.26 Å². The molecule has 0 aliphatic carbocycles. The number of nitrogens with zero attached hydrogens (tertiary/aromatic N) is 3. The summed E-state index contributed by atoms with van der Waals surface area (Å²) in [5.41, 5.74) is 2.96. The van der Waals surface area contributed by atoms with Gasteiger partial charge in [0.2, 0.25) is 5.91 Å². The van der Waals surface area contributed by atoms with Gasteiger partial charge in [0.15, 0.2) is 0 Å². The molecule has 5 heteroatoms. The fraction of sp³-hybridized carbons (Fsp3) is 0.462. The van der Waals surface area contributed by atoms with Gasteiger partial charge in [-0.25, -0.2) is 0 Å². The predicted octanol–water partition coefficient (Wildman–Crippen LogP) is 5.03. The Morgan fingerprint density at radius 1 is 1.13 bits per heavy atom. The molecule has 0 N–H and O–H groups in total. The highest BCUT2D eigenvalue weighted by Crippen LogP contribution is 2.56. The zero-order valence-electron chi connectivity index (χ0n) is 18.0. The first-order valence-corrected chi connectivity index (χ1v) is 11.7. The van der Waals surface area contributed by atoms with Crippen LogP contribution >= 0.6 is 11.6 Å². The Bertz CT molecular complexity index is 1010. The van der Waals surface area contributed by atoms with Gasteiger partial charge < -0.3 is 4.90 Å². The van der Waals surface area contributed by atoms with E-state index in [-0.39, 0.29) is 23.9 Å². The van der Waals surface area contributed by atoms with Crippen LogP contribution in [0.4, 0.5) is 0 Å². The molecule has 0 spiro atoms. The molecule has 0 aromatic heterocycles. The highest BCUT2D eigenvalue weighted by atomic mass is 35.5. The van der Waals surface area contributed by atoms with Crippen LogP contribution in [0, 0.1) is 29.1 Å². The lowest BCUT2D eigenvalue weighted by Gasteiger charge is -2.35. The second kappa shape index (κ2) is 7.97. The van der Waals surface area contributed by atoms with Crippen molar-refractivity contribution in [1.82, 2.24) is 9.80 Å². The van der Waals surface area contributed by atoms with Crippen molar-refractivity contribution in [2.45, 2.75) is 51.4 Å². The van der Waals surface area contributed by atoms with Crippen LogP contribution in [0.25, 0.3) is 0 Å². The molecule has 4 nitrogen and oxygen atoms in total. The molecule has 3 aliphatic heterocycles. The Hall–Kier alpha value is -2.35. The molecule has 3 heterocycles. The summed E-state index contributed by atoms with van der Waals surface area (Å²) < 4.78 is 0. The Balaban J connectivity index is 1.53. The molecule has 31 heavy (non-hydrogen) atoms.